The summed E-state index contributed by atoms with van der Waals surface area (Å²) >= 11 is 0. The molecule has 0 spiro atoms. The highest BCUT2D eigenvalue weighted by Gasteiger charge is 2.08. The van der Waals surface area contributed by atoms with Crippen LogP contribution in [0.2, 0.25) is 0 Å². The Bertz CT molecular complexity index is 680. The van der Waals surface area contributed by atoms with Crippen LogP contribution in [-0.4, -0.2) is 5.11 Å². The minimum atomic E-state index is -0.570. The summed E-state index contributed by atoms with van der Waals surface area (Å²) in [6.07, 6.45) is -0.570. The molecule has 90 valence electrons. The maximum absolute atomic E-state index is 9.46. The van der Waals surface area contributed by atoms with Crippen molar-refractivity contribution in [3.63, 3.8) is 0 Å². The van der Waals surface area contributed by atoms with Crippen LogP contribution in [-0.2, 0) is 0 Å². The highest BCUT2D eigenvalue weighted by Crippen LogP contribution is 2.27. The number of aliphatic hydroxyl groups excluding tert-OH is 1. The van der Waals surface area contributed by atoms with E-state index in [1.807, 2.05) is 30.3 Å². The average molecular weight is 238 g/mol. The van der Waals surface area contributed by atoms with Crippen LogP contribution in [0.4, 0.5) is 0 Å². The molecule has 1 unspecified atom stereocenters. The van der Waals surface area contributed by atoms with Crippen molar-refractivity contribution in [3.05, 3.63) is 60.4 Å². The van der Waals surface area contributed by atoms with Crippen LogP contribution in [0.25, 0.3) is 22.1 Å². The summed E-state index contributed by atoms with van der Waals surface area (Å²) in [6, 6.07) is 18.1. The van der Waals surface area contributed by atoms with Crippen molar-refractivity contribution in [2.24, 2.45) is 0 Å². The number of aliphatic hydroxyl groups is 1. The lowest BCUT2D eigenvalue weighted by Gasteiger charge is -2.02. The van der Waals surface area contributed by atoms with E-state index in [0.29, 0.717) is 5.76 Å². The van der Waals surface area contributed by atoms with Gasteiger partial charge < -0.3 is 9.52 Å². The largest absolute Gasteiger partial charge is 0.458 e. The second-order valence-electron chi connectivity index (χ2n) is 4.44. The molecular formula is C16H14O2. The molecule has 2 nitrogen and oxygen atoms in total. The monoisotopic (exact) mass is 238 g/mol. The summed E-state index contributed by atoms with van der Waals surface area (Å²) < 4.78 is 5.63. The van der Waals surface area contributed by atoms with Gasteiger partial charge in [0.05, 0.1) is 0 Å². The molecule has 2 heteroatoms. The van der Waals surface area contributed by atoms with Gasteiger partial charge in [0.1, 0.15) is 17.6 Å². The molecule has 2 aromatic carbocycles. The van der Waals surface area contributed by atoms with E-state index in [0.717, 1.165) is 11.3 Å². The molecule has 1 aromatic heterocycles. The molecular weight excluding hydrogens is 224 g/mol. The molecule has 0 fully saturated rings. The maximum atomic E-state index is 9.46. The Labute approximate surface area is 105 Å². The molecule has 0 aliphatic carbocycles. The molecule has 3 aromatic rings. The van der Waals surface area contributed by atoms with Crippen molar-refractivity contribution in [2.45, 2.75) is 13.0 Å². The fourth-order valence-corrected chi connectivity index (χ4v) is 2.08. The van der Waals surface area contributed by atoms with Crippen LogP contribution < -0.4 is 0 Å². The molecule has 0 aliphatic heterocycles. The van der Waals surface area contributed by atoms with Gasteiger partial charge in [-0.15, -0.1) is 0 Å². The standard InChI is InChI=1S/C16H14O2/c1-11(17)15-8-9-16(18-15)14-7-6-12-4-2-3-5-13(12)10-14/h2-11,17H,1H3. The quantitative estimate of drug-likeness (QED) is 0.727. The predicted octanol–water partition coefficient (Wildman–Crippen LogP) is 4.15. The van der Waals surface area contributed by atoms with Crippen LogP contribution >= 0.6 is 0 Å². The Balaban J connectivity index is 2.07. The Kier molecular flexibility index (Phi) is 2.65. The molecule has 1 heterocycles. The number of benzene rings is 2. The van der Waals surface area contributed by atoms with Crippen molar-refractivity contribution in [1.29, 1.82) is 0 Å². The van der Waals surface area contributed by atoms with E-state index in [-0.39, 0.29) is 0 Å². The highest BCUT2D eigenvalue weighted by molar-refractivity contribution is 5.86. The van der Waals surface area contributed by atoms with E-state index in [1.54, 1.807) is 6.92 Å². The Morgan fingerprint density at radius 1 is 0.944 bits per heavy atom. The molecule has 0 radical (unpaired) electrons. The van der Waals surface area contributed by atoms with Crippen molar-refractivity contribution in [2.75, 3.05) is 0 Å². The number of rotatable bonds is 2. The van der Waals surface area contributed by atoms with Gasteiger partial charge in [0, 0.05) is 5.56 Å². The summed E-state index contributed by atoms with van der Waals surface area (Å²) in [5.41, 5.74) is 1.03. The van der Waals surface area contributed by atoms with Gasteiger partial charge in [0.2, 0.25) is 0 Å². The van der Waals surface area contributed by atoms with Crippen molar-refractivity contribution < 1.29 is 9.52 Å². The lowest BCUT2D eigenvalue weighted by atomic mass is 10.1. The maximum Gasteiger partial charge on any atom is 0.134 e. The van der Waals surface area contributed by atoms with E-state index < -0.39 is 6.10 Å². The van der Waals surface area contributed by atoms with E-state index in [2.05, 4.69) is 24.3 Å². The van der Waals surface area contributed by atoms with Crippen LogP contribution in [0.5, 0.6) is 0 Å². The Hall–Kier alpha value is -2.06. The molecule has 0 saturated carbocycles. The number of fused-ring (bicyclic) bond motifs is 1. The van der Waals surface area contributed by atoms with Gasteiger partial charge in [-0.1, -0.05) is 36.4 Å². The first-order valence-corrected chi connectivity index (χ1v) is 6.01. The topological polar surface area (TPSA) is 33.4 Å². The SMILES string of the molecule is CC(O)c1ccc(-c2ccc3ccccc3c2)o1. The third-order valence-corrected chi connectivity index (χ3v) is 3.07. The smallest absolute Gasteiger partial charge is 0.134 e. The molecule has 1 atom stereocenters. The first kappa shape index (κ1) is 11.1. The summed E-state index contributed by atoms with van der Waals surface area (Å²) in [7, 11) is 0. The fraction of sp³-hybridized carbons (Fsp3) is 0.125. The van der Waals surface area contributed by atoms with Crippen LogP contribution in [0.3, 0.4) is 0 Å². The van der Waals surface area contributed by atoms with Crippen LogP contribution in [0, 0.1) is 0 Å². The number of hydrogen-bond donors (Lipinski definition) is 1. The summed E-state index contributed by atoms with van der Waals surface area (Å²) in [5.74, 6) is 1.38. The number of furan rings is 1. The van der Waals surface area contributed by atoms with Gasteiger partial charge in [-0.2, -0.15) is 0 Å². The van der Waals surface area contributed by atoms with Gasteiger partial charge in [-0.3, -0.25) is 0 Å². The molecule has 18 heavy (non-hydrogen) atoms. The van der Waals surface area contributed by atoms with Crippen molar-refractivity contribution >= 4 is 10.8 Å². The Morgan fingerprint density at radius 2 is 1.72 bits per heavy atom. The minimum Gasteiger partial charge on any atom is -0.458 e. The van der Waals surface area contributed by atoms with Gasteiger partial charge in [-0.05, 0) is 35.9 Å². The molecule has 0 amide bonds. The van der Waals surface area contributed by atoms with E-state index in [9.17, 15) is 5.11 Å². The lowest BCUT2D eigenvalue weighted by Crippen LogP contribution is -1.85. The predicted molar refractivity (Wildman–Crippen MR) is 72.3 cm³/mol. The minimum absolute atomic E-state index is 0.570. The van der Waals surface area contributed by atoms with E-state index in [1.165, 1.54) is 10.8 Å². The second-order valence-corrected chi connectivity index (χ2v) is 4.44. The van der Waals surface area contributed by atoms with E-state index >= 15 is 0 Å². The van der Waals surface area contributed by atoms with Crippen LogP contribution in [0.15, 0.2) is 59.0 Å². The van der Waals surface area contributed by atoms with Crippen LogP contribution in [0.1, 0.15) is 18.8 Å². The highest BCUT2D eigenvalue weighted by atomic mass is 16.4. The first-order valence-electron chi connectivity index (χ1n) is 6.01. The zero-order valence-corrected chi connectivity index (χ0v) is 10.1. The van der Waals surface area contributed by atoms with Gasteiger partial charge in [0.25, 0.3) is 0 Å². The van der Waals surface area contributed by atoms with Crippen molar-refractivity contribution in [1.82, 2.24) is 0 Å². The third kappa shape index (κ3) is 1.91. The first-order chi connectivity index (χ1) is 8.74. The van der Waals surface area contributed by atoms with Gasteiger partial charge in [-0.25, -0.2) is 0 Å². The summed E-state index contributed by atoms with van der Waals surface area (Å²) in [6.45, 7) is 1.70. The van der Waals surface area contributed by atoms with Gasteiger partial charge in [0.15, 0.2) is 0 Å². The molecule has 3 rings (SSSR count). The molecule has 1 N–H and O–H groups in total. The average Bonchev–Trinajstić information content (AvgIpc) is 2.88. The molecule has 0 aliphatic rings. The van der Waals surface area contributed by atoms with E-state index in [4.69, 9.17) is 4.42 Å². The van der Waals surface area contributed by atoms with Gasteiger partial charge >= 0.3 is 0 Å². The Morgan fingerprint density at radius 3 is 2.44 bits per heavy atom. The third-order valence-electron chi connectivity index (χ3n) is 3.07. The normalized spacial score (nSPS) is 12.8. The molecule has 0 bridgehead atoms. The summed E-state index contributed by atoms with van der Waals surface area (Å²) in [4.78, 5) is 0. The molecule has 0 saturated heterocycles. The van der Waals surface area contributed by atoms with Crippen molar-refractivity contribution in [3.8, 4) is 11.3 Å². The fourth-order valence-electron chi connectivity index (χ4n) is 2.08. The zero-order chi connectivity index (χ0) is 12.5. The zero-order valence-electron chi connectivity index (χ0n) is 10.1. The lowest BCUT2D eigenvalue weighted by molar-refractivity contribution is 0.170. The second kappa shape index (κ2) is 4.31. The number of hydrogen-bond acceptors (Lipinski definition) is 2. The summed E-state index contributed by atoms with van der Waals surface area (Å²) in [5, 5.41) is 11.9.